The second-order valence-corrected chi connectivity index (χ2v) is 3.90. The van der Waals surface area contributed by atoms with Crippen molar-refractivity contribution in [2.75, 3.05) is 3.71 Å². The maximum atomic E-state index is 10.6. The molecule has 7 heteroatoms. The molecule has 1 aromatic carbocycles. The van der Waals surface area contributed by atoms with Gasteiger partial charge in [-0.2, -0.15) is 3.71 Å². The predicted molar refractivity (Wildman–Crippen MR) is 48.6 cm³/mol. The second-order valence-electron chi connectivity index (χ2n) is 2.04. The summed E-state index contributed by atoms with van der Waals surface area (Å²) in [5, 5.41) is 0. The molecular formula is C6H6NO4S2-. The van der Waals surface area contributed by atoms with Crippen LogP contribution in [0.1, 0.15) is 0 Å². The molecule has 0 saturated carbocycles. The third-order valence-corrected chi connectivity index (χ3v) is 2.97. The molecule has 0 saturated heterocycles. The van der Waals surface area contributed by atoms with E-state index in [0.717, 1.165) is 0 Å². The first-order valence-corrected chi connectivity index (χ1v) is 5.28. The van der Waals surface area contributed by atoms with Gasteiger partial charge < -0.3 is 4.55 Å². The lowest BCUT2D eigenvalue weighted by molar-refractivity contribution is 0.531. The minimum absolute atomic E-state index is 0.150. The summed E-state index contributed by atoms with van der Waals surface area (Å²) in [6.07, 6.45) is 0. The van der Waals surface area contributed by atoms with E-state index in [0.29, 0.717) is 3.71 Å². The molecule has 0 radical (unpaired) electrons. The Morgan fingerprint density at radius 3 is 2.15 bits per heavy atom. The van der Waals surface area contributed by atoms with E-state index < -0.39 is 22.5 Å². The van der Waals surface area contributed by atoms with Gasteiger partial charge in [0.25, 0.3) is 11.3 Å². The molecule has 0 bridgehead atoms. The van der Waals surface area contributed by atoms with Gasteiger partial charge in [-0.25, -0.2) is 4.21 Å². The summed E-state index contributed by atoms with van der Waals surface area (Å²) in [4.78, 5) is 0. The predicted octanol–water partition coefficient (Wildman–Crippen LogP) is 0.424. The zero-order valence-corrected chi connectivity index (χ0v) is 7.96. The number of para-hydroxylation sites is 1. The van der Waals surface area contributed by atoms with Gasteiger partial charge in [0.1, 0.15) is 0 Å². The van der Waals surface area contributed by atoms with Crippen molar-refractivity contribution in [3.05, 3.63) is 30.3 Å². The highest BCUT2D eigenvalue weighted by atomic mass is 32.3. The summed E-state index contributed by atoms with van der Waals surface area (Å²) in [5.41, 5.74) is 0.150. The van der Waals surface area contributed by atoms with Crippen molar-refractivity contribution < 1.29 is 17.5 Å². The molecule has 0 aromatic heterocycles. The van der Waals surface area contributed by atoms with Crippen molar-refractivity contribution in [3.8, 4) is 0 Å². The average Bonchev–Trinajstić information content (AvgIpc) is 2.04. The van der Waals surface area contributed by atoms with E-state index in [-0.39, 0.29) is 5.69 Å². The minimum atomic E-state index is -2.75. The average molecular weight is 220 g/mol. The molecule has 72 valence electrons. The Balaban J connectivity index is 3.03. The number of hydrogen-bond donors (Lipinski definition) is 1. The minimum Gasteiger partial charge on any atom is -0.754 e. The number of rotatable bonds is 3. The Bertz CT molecular complexity index is 315. The van der Waals surface area contributed by atoms with Crippen molar-refractivity contribution in [3.63, 3.8) is 0 Å². The van der Waals surface area contributed by atoms with Crippen molar-refractivity contribution in [1.82, 2.24) is 0 Å². The first-order chi connectivity index (χ1) is 6.13. The number of nitrogens with zero attached hydrogens (tertiary/aromatic N) is 1. The molecule has 1 rings (SSSR count). The fraction of sp³-hybridized carbons (Fsp3) is 0. The van der Waals surface area contributed by atoms with Gasteiger partial charge >= 0.3 is 0 Å². The Labute approximate surface area is 80.2 Å². The summed E-state index contributed by atoms with van der Waals surface area (Å²) < 4.78 is 40.6. The summed E-state index contributed by atoms with van der Waals surface area (Å²) in [5.74, 6) is 0. The summed E-state index contributed by atoms with van der Waals surface area (Å²) in [6, 6.07) is 7.66. The third kappa shape index (κ3) is 2.59. The highest BCUT2D eigenvalue weighted by molar-refractivity contribution is 7.98. The van der Waals surface area contributed by atoms with Gasteiger partial charge in [0, 0.05) is 0 Å². The highest BCUT2D eigenvalue weighted by Crippen LogP contribution is 2.15. The maximum absolute atomic E-state index is 10.6. The summed E-state index contributed by atoms with van der Waals surface area (Å²) in [7, 11) is 0. The van der Waals surface area contributed by atoms with E-state index in [1.165, 1.54) is 12.1 Å². The van der Waals surface area contributed by atoms with Crippen molar-refractivity contribution in [2.24, 2.45) is 0 Å². The number of anilines is 1. The molecule has 0 aliphatic rings. The first-order valence-electron chi connectivity index (χ1n) is 3.18. The summed E-state index contributed by atoms with van der Waals surface area (Å²) >= 11 is -5.32. The lowest BCUT2D eigenvalue weighted by atomic mass is 10.3. The fourth-order valence-electron chi connectivity index (χ4n) is 0.778. The van der Waals surface area contributed by atoms with Gasteiger partial charge in [-0.3, -0.25) is 8.76 Å². The number of benzene rings is 1. The van der Waals surface area contributed by atoms with E-state index in [4.69, 9.17) is 4.55 Å². The molecule has 0 amide bonds. The molecule has 0 fully saturated rings. The SMILES string of the molecule is O=S([O-])N(c1ccccc1)S(=O)O. The molecule has 5 nitrogen and oxygen atoms in total. The van der Waals surface area contributed by atoms with E-state index in [2.05, 4.69) is 0 Å². The van der Waals surface area contributed by atoms with Crippen LogP contribution < -0.4 is 3.71 Å². The molecular weight excluding hydrogens is 214 g/mol. The van der Waals surface area contributed by atoms with Crippen LogP contribution in [0.4, 0.5) is 5.69 Å². The van der Waals surface area contributed by atoms with Crippen LogP contribution in [0.5, 0.6) is 0 Å². The number of hydrogen-bond acceptors (Lipinski definition) is 3. The molecule has 1 aromatic rings. The van der Waals surface area contributed by atoms with Crippen LogP contribution in [0.3, 0.4) is 0 Å². The largest absolute Gasteiger partial charge is 0.754 e. The zero-order valence-electron chi connectivity index (χ0n) is 6.32. The van der Waals surface area contributed by atoms with Crippen LogP contribution >= 0.6 is 0 Å². The van der Waals surface area contributed by atoms with Crippen LogP contribution in [0.15, 0.2) is 30.3 Å². The van der Waals surface area contributed by atoms with E-state index in [1.807, 2.05) is 0 Å². The van der Waals surface area contributed by atoms with Gasteiger partial charge in [-0.15, -0.1) is 0 Å². The molecule has 0 aliphatic carbocycles. The molecule has 2 atom stereocenters. The molecule has 1 N–H and O–H groups in total. The van der Waals surface area contributed by atoms with Gasteiger partial charge in [-0.05, 0) is 12.1 Å². The topological polar surface area (TPSA) is 80.7 Å². The fourth-order valence-corrected chi connectivity index (χ4v) is 1.79. The smallest absolute Gasteiger partial charge is 0.273 e. The van der Waals surface area contributed by atoms with Crippen molar-refractivity contribution in [1.29, 1.82) is 0 Å². The standard InChI is InChI=1S/C6H7NO4S2/c8-12(9)7(13(10)11)6-4-2-1-3-5-6/h1-5H,(H,8,9)(H,10,11)/p-1. The van der Waals surface area contributed by atoms with Gasteiger partial charge in [-0.1, -0.05) is 18.2 Å². The molecule has 0 spiro atoms. The Hall–Kier alpha value is -0.760. The van der Waals surface area contributed by atoms with Gasteiger partial charge in [0.15, 0.2) is 0 Å². The normalized spacial score (nSPS) is 14.9. The van der Waals surface area contributed by atoms with Crippen molar-refractivity contribution >= 4 is 28.2 Å². The molecule has 13 heavy (non-hydrogen) atoms. The molecule has 2 unspecified atom stereocenters. The van der Waals surface area contributed by atoms with Crippen molar-refractivity contribution in [2.45, 2.75) is 0 Å². The lowest BCUT2D eigenvalue weighted by Gasteiger charge is -2.20. The third-order valence-electron chi connectivity index (χ3n) is 1.24. The second kappa shape index (κ2) is 4.47. The first kappa shape index (κ1) is 10.3. The maximum Gasteiger partial charge on any atom is 0.273 e. The highest BCUT2D eigenvalue weighted by Gasteiger charge is 2.11. The zero-order chi connectivity index (χ0) is 9.84. The Morgan fingerprint density at radius 2 is 1.77 bits per heavy atom. The van der Waals surface area contributed by atoms with Gasteiger partial charge in [0.2, 0.25) is 0 Å². The van der Waals surface area contributed by atoms with Crippen LogP contribution in [-0.4, -0.2) is 17.5 Å². The van der Waals surface area contributed by atoms with E-state index in [9.17, 15) is 13.0 Å². The van der Waals surface area contributed by atoms with Crippen LogP contribution in [0.2, 0.25) is 0 Å². The van der Waals surface area contributed by atoms with Gasteiger partial charge in [0.05, 0.1) is 17.0 Å². The van der Waals surface area contributed by atoms with E-state index in [1.54, 1.807) is 18.2 Å². The Morgan fingerprint density at radius 1 is 1.23 bits per heavy atom. The molecule has 0 heterocycles. The van der Waals surface area contributed by atoms with E-state index >= 15 is 0 Å². The molecule has 0 aliphatic heterocycles. The lowest BCUT2D eigenvalue weighted by Crippen LogP contribution is -2.26. The van der Waals surface area contributed by atoms with Crippen LogP contribution in [-0.2, 0) is 22.5 Å². The van der Waals surface area contributed by atoms with Crippen LogP contribution in [0.25, 0.3) is 0 Å². The quantitative estimate of drug-likeness (QED) is 0.749. The Kier molecular flexibility index (Phi) is 3.55. The van der Waals surface area contributed by atoms with Crippen LogP contribution in [0, 0.1) is 0 Å². The monoisotopic (exact) mass is 220 g/mol. The summed E-state index contributed by atoms with van der Waals surface area (Å²) in [6.45, 7) is 0.